The number of ether oxygens (including phenoxy) is 2. The van der Waals surface area contributed by atoms with Crippen molar-refractivity contribution in [3.05, 3.63) is 76.1 Å². The van der Waals surface area contributed by atoms with Gasteiger partial charge in [0.25, 0.3) is 5.91 Å². The maximum absolute atomic E-state index is 12.8. The Kier molecular flexibility index (Phi) is 6.74. The van der Waals surface area contributed by atoms with E-state index < -0.39 is 5.97 Å². The number of halogens is 1. The number of hydrogen-bond acceptors (Lipinski definition) is 5. The number of carbonyl (C=O) groups excluding carboxylic acids is 2. The number of nitrogens with one attached hydrogen (secondary N) is 1. The number of benzene rings is 2. The molecule has 0 bridgehead atoms. The summed E-state index contributed by atoms with van der Waals surface area (Å²) in [6.45, 7) is 3.96. The van der Waals surface area contributed by atoms with Crippen LogP contribution in [0.5, 0.6) is 5.75 Å². The lowest BCUT2D eigenvalue weighted by atomic mass is 10.1. The molecule has 0 spiro atoms. The molecule has 30 heavy (non-hydrogen) atoms. The van der Waals surface area contributed by atoms with Crippen LogP contribution in [0.1, 0.15) is 27.3 Å². The van der Waals surface area contributed by atoms with Crippen molar-refractivity contribution < 1.29 is 19.1 Å². The second kappa shape index (κ2) is 9.45. The second-order valence-corrected chi connectivity index (χ2v) is 7.05. The number of anilines is 1. The molecule has 0 aliphatic carbocycles. The predicted octanol–water partition coefficient (Wildman–Crippen LogP) is 4.01. The van der Waals surface area contributed by atoms with Gasteiger partial charge in [-0.05, 0) is 49.7 Å². The van der Waals surface area contributed by atoms with Crippen LogP contribution < -0.4 is 10.1 Å². The number of carbonyl (C=O) groups is 2. The predicted molar refractivity (Wildman–Crippen MR) is 114 cm³/mol. The van der Waals surface area contributed by atoms with Gasteiger partial charge in [-0.25, -0.2) is 4.79 Å². The summed E-state index contributed by atoms with van der Waals surface area (Å²) < 4.78 is 11.6. The van der Waals surface area contributed by atoms with E-state index in [2.05, 4.69) is 15.2 Å². The number of rotatable bonds is 7. The first-order valence-corrected chi connectivity index (χ1v) is 9.65. The maximum Gasteiger partial charge on any atom is 0.343 e. The molecule has 0 radical (unpaired) electrons. The molecule has 0 saturated carbocycles. The Bertz CT molecular complexity index is 1060. The van der Waals surface area contributed by atoms with E-state index in [4.69, 9.17) is 16.3 Å². The van der Waals surface area contributed by atoms with Gasteiger partial charge in [-0.1, -0.05) is 29.8 Å². The Morgan fingerprint density at radius 2 is 1.80 bits per heavy atom. The van der Waals surface area contributed by atoms with Crippen LogP contribution in [0, 0.1) is 13.8 Å². The molecule has 0 fully saturated rings. The first kappa shape index (κ1) is 21.4. The molecule has 1 N–H and O–H groups in total. The molecule has 3 rings (SSSR count). The minimum atomic E-state index is -0.466. The van der Waals surface area contributed by atoms with Crippen LogP contribution in [0.3, 0.4) is 0 Å². The van der Waals surface area contributed by atoms with Crippen molar-refractivity contribution >= 4 is 29.2 Å². The van der Waals surface area contributed by atoms with Gasteiger partial charge in [0.15, 0.2) is 6.61 Å². The summed E-state index contributed by atoms with van der Waals surface area (Å²) in [7, 11) is 1.30. The van der Waals surface area contributed by atoms with Gasteiger partial charge < -0.3 is 14.8 Å². The van der Waals surface area contributed by atoms with Crippen LogP contribution in [-0.2, 0) is 16.1 Å². The van der Waals surface area contributed by atoms with Crippen molar-refractivity contribution in [3.63, 3.8) is 0 Å². The smallest absolute Gasteiger partial charge is 0.343 e. The van der Waals surface area contributed by atoms with Crippen molar-refractivity contribution in [3.8, 4) is 5.75 Å². The zero-order valence-corrected chi connectivity index (χ0v) is 17.7. The summed E-state index contributed by atoms with van der Waals surface area (Å²) in [4.78, 5) is 24.0. The Labute approximate surface area is 179 Å². The zero-order valence-electron chi connectivity index (χ0n) is 16.9. The Hall–Kier alpha value is -3.32. The molecule has 156 valence electrons. The average molecular weight is 428 g/mol. The van der Waals surface area contributed by atoms with Gasteiger partial charge in [0, 0.05) is 16.4 Å². The van der Waals surface area contributed by atoms with E-state index in [1.165, 1.54) is 7.11 Å². The topological polar surface area (TPSA) is 82.4 Å². The first-order chi connectivity index (χ1) is 14.4. The molecular formula is C22H22ClN3O4. The lowest BCUT2D eigenvalue weighted by molar-refractivity contribution is -0.142. The van der Waals surface area contributed by atoms with E-state index in [-0.39, 0.29) is 12.5 Å². The van der Waals surface area contributed by atoms with E-state index in [9.17, 15) is 9.59 Å². The third-order valence-electron chi connectivity index (χ3n) is 4.58. The minimum Gasteiger partial charge on any atom is -0.482 e. The van der Waals surface area contributed by atoms with Gasteiger partial charge in [-0.2, -0.15) is 5.10 Å². The molecule has 2 aromatic carbocycles. The third kappa shape index (κ3) is 4.99. The van der Waals surface area contributed by atoms with Crippen molar-refractivity contribution in [2.24, 2.45) is 0 Å². The molecular weight excluding hydrogens is 406 g/mol. The standard InChI is InChI=1S/C22H22ClN3O4/c1-14-21(15(2)26(25-14)12-16-6-4-5-7-19(16)23)22(28)24-17-8-10-18(11-9-17)30-13-20(27)29-3/h4-11H,12-13H2,1-3H3,(H,24,28). The number of methoxy groups -OCH3 is 1. The highest BCUT2D eigenvalue weighted by atomic mass is 35.5. The Morgan fingerprint density at radius 3 is 2.47 bits per heavy atom. The monoisotopic (exact) mass is 427 g/mol. The summed E-state index contributed by atoms with van der Waals surface area (Å²) in [5, 5.41) is 8.03. The van der Waals surface area contributed by atoms with Crippen molar-refractivity contribution in [2.45, 2.75) is 20.4 Å². The van der Waals surface area contributed by atoms with Crippen LogP contribution >= 0.6 is 11.6 Å². The molecule has 0 saturated heterocycles. The Morgan fingerprint density at radius 1 is 1.10 bits per heavy atom. The highest BCUT2D eigenvalue weighted by Gasteiger charge is 2.19. The van der Waals surface area contributed by atoms with Crippen molar-refractivity contribution in [2.75, 3.05) is 19.0 Å². The SMILES string of the molecule is COC(=O)COc1ccc(NC(=O)c2c(C)nn(Cc3ccccc3Cl)c2C)cc1. The molecule has 1 aromatic heterocycles. The molecule has 7 nitrogen and oxygen atoms in total. The normalized spacial score (nSPS) is 10.5. The lowest BCUT2D eigenvalue weighted by Gasteiger charge is -2.09. The number of amides is 1. The first-order valence-electron chi connectivity index (χ1n) is 9.27. The number of esters is 1. The summed E-state index contributed by atoms with van der Waals surface area (Å²) in [5.74, 6) is -0.218. The molecule has 0 aliphatic rings. The Balaban J connectivity index is 1.70. The third-order valence-corrected chi connectivity index (χ3v) is 4.95. The highest BCUT2D eigenvalue weighted by Crippen LogP contribution is 2.21. The second-order valence-electron chi connectivity index (χ2n) is 6.64. The quantitative estimate of drug-likeness (QED) is 0.576. The molecule has 3 aromatic rings. The number of aromatic nitrogens is 2. The fourth-order valence-corrected chi connectivity index (χ4v) is 3.19. The lowest BCUT2D eigenvalue weighted by Crippen LogP contribution is -2.15. The summed E-state index contributed by atoms with van der Waals surface area (Å²) >= 11 is 6.25. The van der Waals surface area contributed by atoms with Crippen LogP contribution in [-0.4, -0.2) is 35.4 Å². The highest BCUT2D eigenvalue weighted by molar-refractivity contribution is 6.31. The molecule has 1 heterocycles. The minimum absolute atomic E-state index is 0.175. The molecule has 0 aliphatic heterocycles. The van der Waals surface area contributed by atoms with Gasteiger partial charge in [-0.3, -0.25) is 9.48 Å². The van der Waals surface area contributed by atoms with E-state index >= 15 is 0 Å². The summed E-state index contributed by atoms with van der Waals surface area (Å²) in [6, 6.07) is 14.3. The molecule has 8 heteroatoms. The van der Waals surface area contributed by atoms with Gasteiger partial charge in [-0.15, -0.1) is 0 Å². The number of nitrogens with zero attached hydrogens (tertiary/aromatic N) is 2. The van der Waals surface area contributed by atoms with Crippen LogP contribution in [0.2, 0.25) is 5.02 Å². The number of hydrogen-bond donors (Lipinski definition) is 1. The van der Waals surface area contributed by atoms with Gasteiger partial charge in [0.05, 0.1) is 24.9 Å². The largest absolute Gasteiger partial charge is 0.482 e. The molecule has 0 unspecified atom stereocenters. The average Bonchev–Trinajstić information content (AvgIpc) is 3.01. The zero-order chi connectivity index (χ0) is 21.7. The summed E-state index contributed by atoms with van der Waals surface area (Å²) in [5.41, 5.74) is 3.44. The van der Waals surface area contributed by atoms with E-state index in [1.807, 2.05) is 31.2 Å². The molecule has 1 amide bonds. The van der Waals surface area contributed by atoms with Gasteiger partial charge in [0.2, 0.25) is 0 Å². The molecule has 0 atom stereocenters. The number of aryl methyl sites for hydroxylation is 1. The fourth-order valence-electron chi connectivity index (χ4n) is 3.00. The maximum atomic E-state index is 12.8. The van der Waals surface area contributed by atoms with Crippen LogP contribution in [0.4, 0.5) is 5.69 Å². The van der Waals surface area contributed by atoms with Crippen molar-refractivity contribution in [1.29, 1.82) is 0 Å². The van der Waals surface area contributed by atoms with Gasteiger partial charge >= 0.3 is 5.97 Å². The van der Waals surface area contributed by atoms with Crippen molar-refractivity contribution in [1.82, 2.24) is 9.78 Å². The fraction of sp³-hybridized carbons (Fsp3) is 0.227. The van der Waals surface area contributed by atoms with E-state index in [0.717, 1.165) is 11.3 Å². The summed E-state index contributed by atoms with van der Waals surface area (Å²) in [6.07, 6.45) is 0. The van der Waals surface area contributed by atoms with Crippen LogP contribution in [0.15, 0.2) is 48.5 Å². The van der Waals surface area contributed by atoms with Crippen LogP contribution in [0.25, 0.3) is 0 Å². The van der Waals surface area contributed by atoms with Gasteiger partial charge in [0.1, 0.15) is 5.75 Å². The van der Waals surface area contributed by atoms with E-state index in [0.29, 0.717) is 34.3 Å². The van der Waals surface area contributed by atoms with E-state index in [1.54, 1.807) is 35.9 Å².